The molecule has 0 saturated heterocycles. The highest BCUT2D eigenvalue weighted by Gasteiger charge is 2.28. The van der Waals surface area contributed by atoms with Crippen LogP contribution >= 0.6 is 0 Å². The average Bonchev–Trinajstić information content (AvgIpc) is 2.86. The van der Waals surface area contributed by atoms with Gasteiger partial charge in [0.25, 0.3) is 0 Å². The largest absolute Gasteiger partial charge is 0.394 e. The molecule has 1 amide bonds. The van der Waals surface area contributed by atoms with E-state index in [0.717, 1.165) is 38.5 Å². The number of aliphatic hydroxyl groups excluding tert-OH is 4. The Kier molecular flexibility index (Phi) is 24.1. The molecule has 0 bridgehead atoms. The lowest BCUT2D eigenvalue weighted by molar-refractivity contribution is -0.132. The predicted molar refractivity (Wildman–Crippen MR) is 145 cm³/mol. The molecule has 4 unspecified atom stereocenters. The van der Waals surface area contributed by atoms with Crippen LogP contribution < -0.4 is 5.32 Å². The molecule has 0 saturated carbocycles. The molecule has 6 nitrogen and oxygen atoms in total. The molecule has 0 aromatic carbocycles. The van der Waals surface area contributed by atoms with Crippen molar-refractivity contribution in [3.8, 4) is 0 Å². The molecule has 0 heterocycles. The predicted octanol–water partition coefficient (Wildman–Crippen LogP) is 5.55. The molecule has 0 spiro atoms. The zero-order valence-corrected chi connectivity index (χ0v) is 22.8. The van der Waals surface area contributed by atoms with Gasteiger partial charge in [-0.3, -0.25) is 4.79 Å². The lowest BCUT2D eigenvalue weighted by atomic mass is 10.00. The van der Waals surface area contributed by atoms with E-state index in [4.69, 9.17) is 0 Å². The molecule has 0 aliphatic rings. The summed E-state index contributed by atoms with van der Waals surface area (Å²) in [5.74, 6) is -0.600. The van der Waals surface area contributed by atoms with Crippen molar-refractivity contribution < 1.29 is 25.2 Å². The van der Waals surface area contributed by atoms with Gasteiger partial charge in [-0.2, -0.15) is 0 Å². The summed E-state index contributed by atoms with van der Waals surface area (Å²) >= 11 is 0. The minimum absolute atomic E-state index is 0.366. The number of amides is 1. The van der Waals surface area contributed by atoms with E-state index in [-0.39, 0.29) is 0 Å². The van der Waals surface area contributed by atoms with Crippen LogP contribution in [-0.2, 0) is 4.79 Å². The molecule has 208 valence electrons. The monoisotopic (exact) mass is 499 g/mol. The summed E-state index contributed by atoms with van der Waals surface area (Å²) in [6, 6.07) is -0.991. The van der Waals surface area contributed by atoms with Gasteiger partial charge in [0.1, 0.15) is 12.2 Å². The van der Waals surface area contributed by atoms with E-state index in [1.165, 1.54) is 64.2 Å². The summed E-state index contributed by atoms with van der Waals surface area (Å²) < 4.78 is 0. The van der Waals surface area contributed by atoms with E-state index in [2.05, 4.69) is 31.3 Å². The number of rotatable bonds is 25. The maximum atomic E-state index is 12.3. The summed E-state index contributed by atoms with van der Waals surface area (Å²) in [5, 5.41) is 42.8. The quantitative estimate of drug-likeness (QED) is 0.0835. The second-order valence-corrected chi connectivity index (χ2v) is 10.1. The normalized spacial score (nSPS) is 15.3. The topological polar surface area (TPSA) is 110 Å². The number of aliphatic hydroxyl groups is 4. The maximum absolute atomic E-state index is 12.3. The molecule has 0 aliphatic heterocycles. The number of carbonyl (C=O) groups is 1. The van der Waals surface area contributed by atoms with Crippen LogP contribution in [0.3, 0.4) is 0 Å². The summed E-state index contributed by atoms with van der Waals surface area (Å²) in [6.45, 7) is 3.90. The number of nitrogens with one attached hydrogen (secondary N) is 1. The second-order valence-electron chi connectivity index (χ2n) is 10.1. The van der Waals surface area contributed by atoms with Crippen LogP contribution in [0.4, 0.5) is 0 Å². The number of unbranched alkanes of at least 4 members (excludes halogenated alkanes) is 14. The van der Waals surface area contributed by atoms with Crippen LogP contribution in [0.2, 0.25) is 0 Å². The molecule has 0 fully saturated rings. The first-order chi connectivity index (χ1) is 17.0. The van der Waals surface area contributed by atoms with Crippen LogP contribution in [0.15, 0.2) is 12.2 Å². The first-order valence-electron chi connectivity index (χ1n) is 14.6. The Morgan fingerprint density at radius 2 is 1.17 bits per heavy atom. The fourth-order valence-corrected chi connectivity index (χ4v) is 4.27. The lowest BCUT2D eigenvalue weighted by Crippen LogP contribution is -2.53. The van der Waals surface area contributed by atoms with Crippen molar-refractivity contribution in [2.75, 3.05) is 6.61 Å². The van der Waals surface area contributed by atoms with Crippen molar-refractivity contribution >= 4 is 5.91 Å². The average molecular weight is 500 g/mol. The highest BCUT2D eigenvalue weighted by atomic mass is 16.3. The Hall–Kier alpha value is -0.950. The summed E-state index contributed by atoms with van der Waals surface area (Å²) in [7, 11) is 0. The Morgan fingerprint density at radius 3 is 1.69 bits per heavy atom. The Morgan fingerprint density at radius 1 is 0.686 bits per heavy atom. The van der Waals surface area contributed by atoms with Crippen molar-refractivity contribution in [3.63, 3.8) is 0 Å². The number of hydrogen-bond donors (Lipinski definition) is 5. The fraction of sp³-hybridized carbons (Fsp3) is 0.897. The highest BCUT2D eigenvalue weighted by molar-refractivity contribution is 5.80. The summed E-state index contributed by atoms with van der Waals surface area (Å²) in [6.07, 6.45) is 21.1. The van der Waals surface area contributed by atoms with Gasteiger partial charge in [-0.1, -0.05) is 116 Å². The van der Waals surface area contributed by atoms with E-state index in [1.54, 1.807) is 0 Å². The minimum Gasteiger partial charge on any atom is -0.394 e. The van der Waals surface area contributed by atoms with Gasteiger partial charge in [-0.05, 0) is 32.1 Å². The maximum Gasteiger partial charge on any atom is 0.249 e. The first kappa shape index (κ1) is 34.0. The zero-order chi connectivity index (χ0) is 26.2. The van der Waals surface area contributed by atoms with E-state index >= 15 is 0 Å². The fourth-order valence-electron chi connectivity index (χ4n) is 4.27. The SMILES string of the molecule is CCCC/C=C/CCCC(O)C(O)C(CO)NC(=O)C(O)CCCCCCCCCCCCCC. The van der Waals surface area contributed by atoms with Crippen LogP contribution in [0.25, 0.3) is 0 Å². The van der Waals surface area contributed by atoms with Crippen LogP contribution in [0, 0.1) is 0 Å². The van der Waals surface area contributed by atoms with Crippen molar-refractivity contribution in [3.05, 3.63) is 12.2 Å². The molecule has 6 heteroatoms. The van der Waals surface area contributed by atoms with Gasteiger partial charge in [0.05, 0.1) is 18.8 Å². The molecule has 35 heavy (non-hydrogen) atoms. The van der Waals surface area contributed by atoms with Crippen molar-refractivity contribution in [1.29, 1.82) is 0 Å². The third-order valence-electron chi connectivity index (χ3n) is 6.73. The summed E-state index contributed by atoms with van der Waals surface area (Å²) in [4.78, 5) is 12.3. The van der Waals surface area contributed by atoms with Gasteiger partial charge in [0.2, 0.25) is 5.91 Å². The molecular weight excluding hydrogens is 442 g/mol. The number of hydrogen-bond acceptors (Lipinski definition) is 5. The molecular formula is C29H57NO5. The highest BCUT2D eigenvalue weighted by Crippen LogP contribution is 2.14. The van der Waals surface area contributed by atoms with Gasteiger partial charge in [-0.15, -0.1) is 0 Å². The molecule has 0 radical (unpaired) electrons. The number of carbonyl (C=O) groups excluding carboxylic acids is 1. The zero-order valence-electron chi connectivity index (χ0n) is 22.8. The third-order valence-corrected chi connectivity index (χ3v) is 6.73. The molecule has 0 aromatic rings. The Labute approximate surface area is 215 Å². The molecule has 0 rings (SSSR count). The van der Waals surface area contributed by atoms with Crippen LogP contribution in [0.5, 0.6) is 0 Å². The molecule has 5 N–H and O–H groups in total. The van der Waals surface area contributed by atoms with E-state index < -0.39 is 36.9 Å². The minimum atomic E-state index is -1.27. The van der Waals surface area contributed by atoms with Crippen LogP contribution in [0.1, 0.15) is 136 Å². The Bertz CT molecular complexity index is 499. The summed E-state index contributed by atoms with van der Waals surface area (Å²) in [5.41, 5.74) is 0. The van der Waals surface area contributed by atoms with Crippen molar-refractivity contribution in [2.24, 2.45) is 0 Å². The van der Waals surface area contributed by atoms with Crippen molar-refractivity contribution in [2.45, 2.75) is 160 Å². The van der Waals surface area contributed by atoms with Crippen molar-refractivity contribution in [1.82, 2.24) is 5.32 Å². The molecule has 4 atom stereocenters. The van der Waals surface area contributed by atoms with Gasteiger partial charge in [0.15, 0.2) is 0 Å². The van der Waals surface area contributed by atoms with Gasteiger partial charge >= 0.3 is 0 Å². The molecule has 0 aromatic heterocycles. The van der Waals surface area contributed by atoms with Gasteiger partial charge in [0, 0.05) is 0 Å². The van der Waals surface area contributed by atoms with E-state index in [1.807, 2.05) is 0 Å². The lowest BCUT2D eigenvalue weighted by Gasteiger charge is -2.27. The smallest absolute Gasteiger partial charge is 0.249 e. The number of allylic oxidation sites excluding steroid dienone is 2. The van der Waals surface area contributed by atoms with Gasteiger partial charge in [-0.25, -0.2) is 0 Å². The van der Waals surface area contributed by atoms with Gasteiger partial charge < -0.3 is 25.7 Å². The standard InChI is InChI=1S/C29H57NO5/c1-3-5-7-9-11-12-13-14-15-17-19-21-23-27(33)29(35)30-25(24-31)28(34)26(32)22-20-18-16-10-8-6-4-2/h10,16,25-28,31-34H,3-9,11-15,17-24H2,1-2H3,(H,30,35)/b16-10+. The van der Waals surface area contributed by atoms with Crippen LogP contribution in [-0.4, -0.2) is 57.3 Å². The molecule has 0 aliphatic carbocycles. The second kappa shape index (κ2) is 24.7. The third kappa shape index (κ3) is 19.9. The first-order valence-corrected chi connectivity index (χ1v) is 14.6. The van der Waals surface area contributed by atoms with E-state index in [9.17, 15) is 25.2 Å². The van der Waals surface area contributed by atoms with E-state index in [0.29, 0.717) is 19.3 Å². The Balaban J connectivity index is 3.94.